The largest absolute Gasteiger partial charge is 0.330 e. The smallest absolute Gasteiger partial charge is 0.240 e. The average molecular weight is 432 g/mol. The summed E-state index contributed by atoms with van der Waals surface area (Å²) in [4.78, 5) is 21.7. The van der Waals surface area contributed by atoms with Gasteiger partial charge in [-0.25, -0.2) is 4.98 Å². The van der Waals surface area contributed by atoms with Gasteiger partial charge in [-0.2, -0.15) is 0 Å². The molecule has 0 saturated carbocycles. The molecule has 1 amide bonds. The molecular weight excluding hydrogens is 406 g/mol. The molecule has 3 heterocycles. The summed E-state index contributed by atoms with van der Waals surface area (Å²) in [5.74, 6) is 1.99. The van der Waals surface area contributed by atoms with E-state index in [1.165, 1.54) is 11.3 Å². The third-order valence-electron chi connectivity index (χ3n) is 5.00. The summed E-state index contributed by atoms with van der Waals surface area (Å²) in [6.45, 7) is 6.86. The summed E-state index contributed by atoms with van der Waals surface area (Å²) >= 11 is 3.06. The molecule has 154 valence electrons. The minimum atomic E-state index is -0.0296. The van der Waals surface area contributed by atoms with Gasteiger partial charge in [0.15, 0.2) is 4.34 Å². The van der Waals surface area contributed by atoms with Crippen LogP contribution >= 0.6 is 23.1 Å². The van der Waals surface area contributed by atoms with Crippen molar-refractivity contribution in [2.75, 3.05) is 43.8 Å². The third kappa shape index (κ3) is 4.95. The summed E-state index contributed by atoms with van der Waals surface area (Å²) in [7, 11) is 2.07. The van der Waals surface area contributed by atoms with Crippen LogP contribution in [0.1, 0.15) is 12.7 Å². The molecule has 29 heavy (non-hydrogen) atoms. The number of rotatable bonds is 7. The van der Waals surface area contributed by atoms with Crippen molar-refractivity contribution in [1.29, 1.82) is 0 Å². The summed E-state index contributed by atoms with van der Waals surface area (Å²) < 4.78 is 3.06. The predicted octanol–water partition coefficient (Wildman–Crippen LogP) is 2.29. The van der Waals surface area contributed by atoms with Crippen LogP contribution in [-0.4, -0.2) is 73.9 Å². The number of amides is 1. The molecule has 3 aromatic rings. The molecule has 0 bridgehead atoms. The standard InChI is InChI=1S/C19H25N7OS2/c1-3-28-19-23-22-18(29-19)21-17(27)13-26-10-8-25(9-11-26)12-16-20-14-6-4-5-7-15(14)24(16)2/h4-7H,3,8-13H2,1-2H3,(H,21,22,27). The molecule has 1 fully saturated rings. The number of benzene rings is 1. The number of aromatic nitrogens is 4. The fraction of sp³-hybridized carbons (Fsp3) is 0.474. The number of carbonyl (C=O) groups excluding carboxylic acids is 1. The monoisotopic (exact) mass is 431 g/mol. The summed E-state index contributed by atoms with van der Waals surface area (Å²) in [6, 6.07) is 8.22. The number of anilines is 1. The predicted molar refractivity (Wildman–Crippen MR) is 117 cm³/mol. The van der Waals surface area contributed by atoms with Gasteiger partial charge >= 0.3 is 0 Å². The number of fused-ring (bicyclic) bond motifs is 1. The van der Waals surface area contributed by atoms with Crippen molar-refractivity contribution in [2.45, 2.75) is 17.8 Å². The average Bonchev–Trinajstić information content (AvgIpc) is 3.28. The van der Waals surface area contributed by atoms with Crippen LogP contribution in [0.15, 0.2) is 28.6 Å². The van der Waals surface area contributed by atoms with E-state index in [0.29, 0.717) is 11.7 Å². The lowest BCUT2D eigenvalue weighted by Crippen LogP contribution is -2.48. The lowest BCUT2D eigenvalue weighted by atomic mass is 10.3. The van der Waals surface area contributed by atoms with E-state index in [1.807, 2.05) is 12.1 Å². The number of aryl methyl sites for hydroxylation is 1. The van der Waals surface area contributed by atoms with E-state index in [1.54, 1.807) is 11.8 Å². The highest BCUT2D eigenvalue weighted by molar-refractivity contribution is 8.01. The van der Waals surface area contributed by atoms with Crippen LogP contribution in [0.4, 0.5) is 5.13 Å². The van der Waals surface area contributed by atoms with Crippen molar-refractivity contribution in [2.24, 2.45) is 7.05 Å². The Balaban J connectivity index is 1.25. The van der Waals surface area contributed by atoms with Gasteiger partial charge in [-0.05, 0) is 17.9 Å². The molecule has 8 nitrogen and oxygen atoms in total. The van der Waals surface area contributed by atoms with Gasteiger partial charge in [0.2, 0.25) is 11.0 Å². The van der Waals surface area contributed by atoms with E-state index in [0.717, 1.165) is 59.7 Å². The molecule has 1 aromatic carbocycles. The molecule has 0 radical (unpaired) electrons. The first-order valence-corrected chi connectivity index (χ1v) is 11.5. The second kappa shape index (κ2) is 9.21. The van der Waals surface area contributed by atoms with Crippen LogP contribution in [0, 0.1) is 0 Å². The number of hydrogen-bond donors (Lipinski definition) is 1. The fourth-order valence-corrected chi connectivity index (χ4v) is 5.11. The van der Waals surface area contributed by atoms with Crippen molar-refractivity contribution < 1.29 is 4.79 Å². The Morgan fingerprint density at radius 1 is 1.17 bits per heavy atom. The van der Waals surface area contributed by atoms with Gasteiger partial charge in [-0.3, -0.25) is 19.9 Å². The van der Waals surface area contributed by atoms with Crippen LogP contribution < -0.4 is 5.32 Å². The number of thioether (sulfide) groups is 1. The lowest BCUT2D eigenvalue weighted by molar-refractivity contribution is -0.117. The first kappa shape index (κ1) is 20.3. The highest BCUT2D eigenvalue weighted by Crippen LogP contribution is 2.25. The van der Waals surface area contributed by atoms with Crippen LogP contribution in [0.5, 0.6) is 0 Å². The van der Waals surface area contributed by atoms with Crippen molar-refractivity contribution in [3.63, 3.8) is 0 Å². The van der Waals surface area contributed by atoms with Crippen LogP contribution in [0.2, 0.25) is 0 Å². The molecule has 4 rings (SSSR count). The van der Waals surface area contributed by atoms with Gasteiger partial charge in [-0.15, -0.1) is 10.2 Å². The molecule has 0 atom stereocenters. The first-order chi connectivity index (χ1) is 14.1. The van der Waals surface area contributed by atoms with Gasteiger partial charge in [0.1, 0.15) is 5.82 Å². The SMILES string of the molecule is CCSc1nnc(NC(=O)CN2CCN(Cc3nc4ccccc4n3C)CC2)s1. The second-order valence-corrected chi connectivity index (χ2v) is 9.47. The van der Waals surface area contributed by atoms with Gasteiger partial charge in [-0.1, -0.05) is 42.2 Å². The Morgan fingerprint density at radius 3 is 2.69 bits per heavy atom. The highest BCUT2D eigenvalue weighted by Gasteiger charge is 2.21. The van der Waals surface area contributed by atoms with Gasteiger partial charge in [0.05, 0.1) is 24.1 Å². The van der Waals surface area contributed by atoms with E-state index in [-0.39, 0.29) is 5.91 Å². The Bertz CT molecular complexity index is 978. The maximum Gasteiger partial charge on any atom is 0.240 e. The zero-order chi connectivity index (χ0) is 20.2. The second-order valence-electron chi connectivity index (χ2n) is 6.98. The van der Waals surface area contributed by atoms with Gasteiger partial charge < -0.3 is 4.57 Å². The van der Waals surface area contributed by atoms with Crippen molar-refractivity contribution in [3.05, 3.63) is 30.1 Å². The Kier molecular flexibility index (Phi) is 6.43. The maximum absolute atomic E-state index is 12.3. The van der Waals surface area contributed by atoms with E-state index >= 15 is 0 Å². The summed E-state index contributed by atoms with van der Waals surface area (Å²) in [5.41, 5.74) is 2.20. The van der Waals surface area contributed by atoms with Crippen LogP contribution in [0.25, 0.3) is 11.0 Å². The summed E-state index contributed by atoms with van der Waals surface area (Å²) in [5, 5.41) is 11.5. The van der Waals surface area contributed by atoms with E-state index in [9.17, 15) is 4.79 Å². The molecule has 0 unspecified atom stereocenters. The normalized spacial score (nSPS) is 15.8. The first-order valence-electron chi connectivity index (χ1n) is 9.73. The van der Waals surface area contributed by atoms with Crippen molar-refractivity contribution in [1.82, 2.24) is 29.5 Å². The zero-order valence-electron chi connectivity index (χ0n) is 16.7. The number of hydrogen-bond acceptors (Lipinski definition) is 8. The zero-order valence-corrected chi connectivity index (χ0v) is 18.3. The number of imidazole rings is 1. The number of para-hydroxylation sites is 2. The molecule has 1 N–H and O–H groups in total. The van der Waals surface area contributed by atoms with E-state index in [4.69, 9.17) is 4.98 Å². The minimum Gasteiger partial charge on any atom is -0.330 e. The molecule has 1 aliphatic rings. The topological polar surface area (TPSA) is 79.2 Å². The molecule has 1 aliphatic heterocycles. The van der Waals surface area contributed by atoms with Gasteiger partial charge in [0, 0.05) is 33.2 Å². The number of piperazine rings is 1. The Morgan fingerprint density at radius 2 is 1.93 bits per heavy atom. The lowest BCUT2D eigenvalue weighted by Gasteiger charge is -2.33. The van der Waals surface area contributed by atoms with Crippen LogP contribution in [-0.2, 0) is 18.4 Å². The van der Waals surface area contributed by atoms with Crippen molar-refractivity contribution in [3.8, 4) is 0 Å². The molecule has 10 heteroatoms. The fourth-order valence-electron chi connectivity index (χ4n) is 3.45. The Hall–Kier alpha value is -2.01. The van der Waals surface area contributed by atoms with E-state index in [2.05, 4.69) is 56.0 Å². The van der Waals surface area contributed by atoms with Crippen LogP contribution in [0.3, 0.4) is 0 Å². The molecule has 0 aliphatic carbocycles. The summed E-state index contributed by atoms with van der Waals surface area (Å²) in [6.07, 6.45) is 0. The molecule has 2 aromatic heterocycles. The minimum absolute atomic E-state index is 0.0296. The van der Waals surface area contributed by atoms with E-state index < -0.39 is 0 Å². The molecule has 0 spiro atoms. The van der Waals surface area contributed by atoms with Crippen molar-refractivity contribution >= 4 is 45.2 Å². The number of carbonyl (C=O) groups is 1. The van der Waals surface area contributed by atoms with Gasteiger partial charge in [0.25, 0.3) is 0 Å². The third-order valence-corrected chi connectivity index (χ3v) is 6.85. The number of nitrogens with one attached hydrogen (secondary N) is 1. The quantitative estimate of drug-likeness (QED) is 0.454. The number of nitrogens with zero attached hydrogens (tertiary/aromatic N) is 6. The molecular formula is C19H25N7OS2. The highest BCUT2D eigenvalue weighted by atomic mass is 32.2. The molecule has 1 saturated heterocycles. The maximum atomic E-state index is 12.3. The Labute approximate surface area is 178 Å².